The average Bonchev–Trinajstić information content (AvgIpc) is 2.82. The van der Waals surface area contributed by atoms with E-state index in [1.165, 1.54) is 0 Å². The van der Waals surface area contributed by atoms with Crippen LogP contribution in [0.25, 0.3) is 10.9 Å². The van der Waals surface area contributed by atoms with E-state index in [0.29, 0.717) is 41.3 Å². The Labute approximate surface area is 208 Å². The highest BCUT2D eigenvalue weighted by molar-refractivity contribution is 6.07. The fourth-order valence-electron chi connectivity index (χ4n) is 4.18. The number of amides is 1. The van der Waals surface area contributed by atoms with E-state index in [0.717, 1.165) is 36.2 Å². The van der Waals surface area contributed by atoms with Crippen molar-refractivity contribution in [3.63, 3.8) is 0 Å². The number of benzene rings is 2. The van der Waals surface area contributed by atoms with Gasteiger partial charge in [-0.05, 0) is 36.1 Å². The summed E-state index contributed by atoms with van der Waals surface area (Å²) >= 11 is 0. The molecule has 0 saturated carbocycles. The number of fused-ring (bicyclic) bond motifs is 1. The molecule has 188 valence electrons. The van der Waals surface area contributed by atoms with Gasteiger partial charge in [-0.25, -0.2) is 4.98 Å². The molecule has 35 heavy (non-hydrogen) atoms. The SMILES string of the molecule is COc1ccc(Nc2cc(C(=O)NCCN(CC(C)C)CC(C)C)c3ccccc3n2)c(OC)c1. The van der Waals surface area contributed by atoms with Crippen LogP contribution in [-0.4, -0.2) is 56.2 Å². The molecule has 0 aliphatic carbocycles. The van der Waals surface area contributed by atoms with Crippen LogP contribution in [0, 0.1) is 11.8 Å². The lowest BCUT2D eigenvalue weighted by atomic mass is 10.1. The summed E-state index contributed by atoms with van der Waals surface area (Å²) in [6, 6.07) is 15.0. The van der Waals surface area contributed by atoms with Crippen LogP contribution >= 0.6 is 0 Å². The number of hydrogen-bond acceptors (Lipinski definition) is 6. The second-order valence-corrected chi connectivity index (χ2v) is 9.57. The van der Waals surface area contributed by atoms with Gasteiger partial charge in [0.15, 0.2) is 0 Å². The van der Waals surface area contributed by atoms with Crippen LogP contribution in [0.5, 0.6) is 11.5 Å². The van der Waals surface area contributed by atoms with Crippen LogP contribution < -0.4 is 20.1 Å². The maximum absolute atomic E-state index is 13.3. The van der Waals surface area contributed by atoms with Crippen molar-refractivity contribution < 1.29 is 14.3 Å². The number of carbonyl (C=O) groups is 1. The highest BCUT2D eigenvalue weighted by atomic mass is 16.5. The van der Waals surface area contributed by atoms with Crippen molar-refractivity contribution in [3.8, 4) is 11.5 Å². The maximum Gasteiger partial charge on any atom is 0.252 e. The summed E-state index contributed by atoms with van der Waals surface area (Å²) in [6.07, 6.45) is 0. The predicted octanol–water partition coefficient (Wildman–Crippen LogP) is 5.34. The van der Waals surface area contributed by atoms with Gasteiger partial charge in [0.05, 0.1) is 31.0 Å². The molecule has 0 aliphatic heterocycles. The van der Waals surface area contributed by atoms with Gasteiger partial charge in [-0.1, -0.05) is 45.9 Å². The van der Waals surface area contributed by atoms with Crippen LogP contribution in [0.4, 0.5) is 11.5 Å². The van der Waals surface area contributed by atoms with Gasteiger partial charge in [0.25, 0.3) is 5.91 Å². The second kappa shape index (κ2) is 12.4. The Balaban J connectivity index is 1.81. The van der Waals surface area contributed by atoms with Gasteiger partial charge < -0.3 is 25.0 Å². The van der Waals surface area contributed by atoms with E-state index in [-0.39, 0.29) is 5.91 Å². The number of methoxy groups -OCH3 is 2. The van der Waals surface area contributed by atoms with Crippen molar-refractivity contribution >= 4 is 28.3 Å². The smallest absolute Gasteiger partial charge is 0.252 e. The van der Waals surface area contributed by atoms with Crippen molar-refractivity contribution in [2.75, 3.05) is 45.7 Å². The van der Waals surface area contributed by atoms with Gasteiger partial charge in [-0.15, -0.1) is 0 Å². The molecule has 0 spiro atoms. The first-order chi connectivity index (χ1) is 16.8. The Hall–Kier alpha value is -3.32. The average molecular weight is 479 g/mol. The largest absolute Gasteiger partial charge is 0.497 e. The monoisotopic (exact) mass is 478 g/mol. The van der Waals surface area contributed by atoms with E-state index in [9.17, 15) is 4.79 Å². The molecule has 0 radical (unpaired) electrons. The molecule has 1 amide bonds. The second-order valence-electron chi connectivity index (χ2n) is 9.57. The van der Waals surface area contributed by atoms with E-state index in [4.69, 9.17) is 14.5 Å². The standard InChI is InChI=1S/C28H38N4O3/c1-19(2)17-32(18-20(3)4)14-13-29-28(33)23-16-27(30-24-10-8-7-9-22(23)24)31-25-12-11-21(34-5)15-26(25)35-6/h7-12,15-16,19-20H,13-14,17-18H2,1-6H3,(H,29,33)(H,30,31). The zero-order valence-corrected chi connectivity index (χ0v) is 21.7. The summed E-state index contributed by atoms with van der Waals surface area (Å²) in [7, 11) is 3.22. The molecule has 0 saturated heterocycles. The normalized spacial score (nSPS) is 11.3. The minimum absolute atomic E-state index is 0.109. The Morgan fingerprint density at radius 2 is 1.69 bits per heavy atom. The molecule has 7 heteroatoms. The first-order valence-corrected chi connectivity index (χ1v) is 12.2. The van der Waals surface area contributed by atoms with Crippen LogP contribution in [-0.2, 0) is 0 Å². The molecule has 2 N–H and O–H groups in total. The lowest BCUT2D eigenvalue weighted by Gasteiger charge is -2.26. The lowest BCUT2D eigenvalue weighted by Crippen LogP contribution is -2.38. The number of ether oxygens (including phenoxy) is 2. The van der Waals surface area contributed by atoms with Crippen molar-refractivity contribution in [1.29, 1.82) is 0 Å². The highest BCUT2D eigenvalue weighted by Gasteiger charge is 2.15. The maximum atomic E-state index is 13.3. The van der Waals surface area contributed by atoms with E-state index in [1.54, 1.807) is 26.4 Å². The number of carbonyl (C=O) groups excluding carboxylic acids is 1. The van der Waals surface area contributed by atoms with Crippen LogP contribution in [0.3, 0.4) is 0 Å². The number of nitrogens with zero attached hydrogens (tertiary/aromatic N) is 2. The Morgan fingerprint density at radius 1 is 0.971 bits per heavy atom. The third-order valence-corrected chi connectivity index (χ3v) is 5.59. The van der Waals surface area contributed by atoms with Crippen LogP contribution in [0.1, 0.15) is 38.1 Å². The van der Waals surface area contributed by atoms with Gasteiger partial charge >= 0.3 is 0 Å². The van der Waals surface area contributed by atoms with Gasteiger partial charge in [-0.2, -0.15) is 0 Å². The Bertz CT molecular complexity index is 1120. The molecule has 0 bridgehead atoms. The molecule has 3 rings (SSSR count). The first kappa shape index (κ1) is 26.3. The first-order valence-electron chi connectivity index (χ1n) is 12.2. The molecular weight excluding hydrogens is 440 g/mol. The molecule has 0 aliphatic rings. The number of para-hydroxylation sites is 1. The summed E-state index contributed by atoms with van der Waals surface area (Å²) in [5.41, 5.74) is 2.07. The van der Waals surface area contributed by atoms with Gasteiger partial charge in [0.1, 0.15) is 17.3 Å². The summed E-state index contributed by atoms with van der Waals surface area (Å²) in [4.78, 5) is 20.4. The van der Waals surface area contributed by atoms with E-state index >= 15 is 0 Å². The molecule has 0 fully saturated rings. The minimum atomic E-state index is -0.109. The van der Waals surface area contributed by atoms with Gasteiger partial charge in [0, 0.05) is 37.6 Å². The molecule has 7 nitrogen and oxygen atoms in total. The van der Waals surface area contributed by atoms with E-state index in [1.807, 2.05) is 36.4 Å². The lowest BCUT2D eigenvalue weighted by molar-refractivity contribution is 0.0948. The topological polar surface area (TPSA) is 75.7 Å². The molecular formula is C28H38N4O3. The van der Waals surface area contributed by atoms with Crippen LogP contribution in [0.2, 0.25) is 0 Å². The summed E-state index contributed by atoms with van der Waals surface area (Å²) < 4.78 is 10.8. The van der Waals surface area contributed by atoms with Gasteiger partial charge in [0.2, 0.25) is 0 Å². The number of nitrogens with one attached hydrogen (secondary N) is 2. The predicted molar refractivity (Wildman–Crippen MR) is 143 cm³/mol. The third-order valence-electron chi connectivity index (χ3n) is 5.59. The molecule has 0 atom stereocenters. The fourth-order valence-corrected chi connectivity index (χ4v) is 4.18. The number of anilines is 2. The minimum Gasteiger partial charge on any atom is -0.497 e. The van der Waals surface area contributed by atoms with E-state index < -0.39 is 0 Å². The zero-order chi connectivity index (χ0) is 25.4. The molecule has 2 aromatic carbocycles. The third kappa shape index (κ3) is 7.33. The number of pyridine rings is 1. The van der Waals surface area contributed by atoms with E-state index in [2.05, 4.69) is 43.2 Å². The van der Waals surface area contributed by atoms with Gasteiger partial charge in [-0.3, -0.25) is 4.79 Å². The van der Waals surface area contributed by atoms with Crippen molar-refractivity contribution in [1.82, 2.24) is 15.2 Å². The Morgan fingerprint density at radius 3 is 2.34 bits per heavy atom. The molecule has 3 aromatic rings. The fraction of sp³-hybridized carbons (Fsp3) is 0.429. The molecule has 1 heterocycles. The molecule has 0 unspecified atom stereocenters. The van der Waals surface area contributed by atoms with Crippen LogP contribution in [0.15, 0.2) is 48.5 Å². The number of aromatic nitrogens is 1. The highest BCUT2D eigenvalue weighted by Crippen LogP contribution is 2.32. The quantitative estimate of drug-likeness (QED) is 0.366. The summed E-state index contributed by atoms with van der Waals surface area (Å²) in [5.74, 6) is 2.94. The number of rotatable bonds is 12. The van der Waals surface area contributed by atoms with Crippen molar-refractivity contribution in [2.24, 2.45) is 11.8 Å². The summed E-state index contributed by atoms with van der Waals surface area (Å²) in [5, 5.41) is 7.24. The zero-order valence-electron chi connectivity index (χ0n) is 21.7. The van der Waals surface area contributed by atoms with Crippen molar-refractivity contribution in [2.45, 2.75) is 27.7 Å². The number of hydrogen-bond donors (Lipinski definition) is 2. The summed E-state index contributed by atoms with van der Waals surface area (Å²) in [6.45, 7) is 12.3. The van der Waals surface area contributed by atoms with Crippen molar-refractivity contribution in [3.05, 3.63) is 54.1 Å². The molecule has 1 aromatic heterocycles. The Kier molecular flexibility index (Phi) is 9.32.